The molecule has 0 unspecified atom stereocenters. The molecular weight excluding hydrogens is 112 g/mol. The van der Waals surface area contributed by atoms with Crippen molar-refractivity contribution in [2.75, 3.05) is 0 Å². The average Bonchev–Trinajstić information content (AvgIpc) is 1.84. The van der Waals surface area contributed by atoms with Crippen molar-refractivity contribution in [1.29, 1.82) is 0 Å². The van der Waals surface area contributed by atoms with Crippen molar-refractivity contribution in [2.24, 2.45) is 11.5 Å². The third-order valence-electron chi connectivity index (χ3n) is 0.991. The smallest absolute Gasteiger partial charge is 0.0571 e. The Kier molecular flexibility index (Phi) is 2.58. The summed E-state index contributed by atoms with van der Waals surface area (Å²) in [5, 5.41) is 0. The number of hydrogen-bond acceptors (Lipinski definition) is 2. The van der Waals surface area contributed by atoms with Crippen LogP contribution in [0, 0.1) is 0 Å². The molecule has 0 fully saturated rings. The van der Waals surface area contributed by atoms with Gasteiger partial charge in [-0.15, -0.1) is 0 Å². The van der Waals surface area contributed by atoms with Crippen molar-refractivity contribution in [2.45, 2.75) is 6.92 Å². The van der Waals surface area contributed by atoms with Gasteiger partial charge in [0, 0.05) is 0 Å². The van der Waals surface area contributed by atoms with Crippen LogP contribution in [0.2, 0.25) is 0 Å². The summed E-state index contributed by atoms with van der Waals surface area (Å²) in [6.45, 7) is 8.87. The molecule has 0 atom stereocenters. The largest absolute Gasteiger partial charge is 0.397 e. The molecule has 0 amide bonds. The first-order chi connectivity index (χ1) is 4.09. The molecule has 0 radical (unpaired) electrons. The van der Waals surface area contributed by atoms with Gasteiger partial charge in [0.2, 0.25) is 0 Å². The van der Waals surface area contributed by atoms with Gasteiger partial charge in [-0.2, -0.15) is 0 Å². The topological polar surface area (TPSA) is 52.0 Å². The quantitative estimate of drug-likeness (QED) is 0.537. The zero-order chi connectivity index (χ0) is 7.44. The van der Waals surface area contributed by atoms with E-state index in [0.29, 0.717) is 11.4 Å². The second kappa shape index (κ2) is 2.97. The predicted molar refractivity (Wildman–Crippen MR) is 40.4 cm³/mol. The lowest BCUT2D eigenvalue weighted by molar-refractivity contribution is 1.22. The Hall–Kier alpha value is -1.18. The van der Waals surface area contributed by atoms with Gasteiger partial charge in [0.25, 0.3) is 0 Å². The van der Waals surface area contributed by atoms with Crippen molar-refractivity contribution < 1.29 is 0 Å². The van der Waals surface area contributed by atoms with Gasteiger partial charge in [-0.3, -0.25) is 0 Å². The van der Waals surface area contributed by atoms with Gasteiger partial charge in [0.1, 0.15) is 0 Å². The van der Waals surface area contributed by atoms with Crippen LogP contribution in [-0.2, 0) is 0 Å². The number of rotatable bonds is 2. The highest BCUT2D eigenvalue weighted by atomic mass is 14.7. The Labute approximate surface area is 55.5 Å². The predicted octanol–water partition coefficient (Wildman–Crippen LogP) is 0.878. The van der Waals surface area contributed by atoms with Gasteiger partial charge in [-0.1, -0.05) is 13.2 Å². The molecule has 0 aromatic heterocycles. The molecule has 0 spiro atoms. The van der Waals surface area contributed by atoms with Crippen molar-refractivity contribution in [3.05, 3.63) is 36.2 Å². The molecule has 0 aromatic carbocycles. The van der Waals surface area contributed by atoms with Crippen LogP contribution in [0.3, 0.4) is 0 Å². The summed E-state index contributed by atoms with van der Waals surface area (Å²) in [6.07, 6.45) is 1.50. The molecule has 2 nitrogen and oxygen atoms in total. The van der Waals surface area contributed by atoms with Crippen LogP contribution >= 0.6 is 0 Å². The Bertz CT molecular complexity index is 166. The fraction of sp³-hybridized carbons (Fsp3) is 0.143. The van der Waals surface area contributed by atoms with Gasteiger partial charge in [-0.25, -0.2) is 0 Å². The van der Waals surface area contributed by atoms with Crippen molar-refractivity contribution in [3.63, 3.8) is 0 Å². The molecule has 4 N–H and O–H groups in total. The minimum atomic E-state index is 0.488. The molecule has 0 aliphatic rings. The minimum absolute atomic E-state index is 0.488. The number of allylic oxidation sites excluding steroid dienone is 2. The summed E-state index contributed by atoms with van der Waals surface area (Å²) in [6, 6.07) is 0. The summed E-state index contributed by atoms with van der Waals surface area (Å²) in [5.74, 6) is 0. The van der Waals surface area contributed by atoms with Crippen molar-refractivity contribution >= 4 is 0 Å². The van der Waals surface area contributed by atoms with Crippen molar-refractivity contribution in [3.8, 4) is 0 Å². The van der Waals surface area contributed by atoms with Crippen LogP contribution < -0.4 is 11.5 Å². The molecule has 0 rings (SSSR count). The van der Waals surface area contributed by atoms with Gasteiger partial charge in [-0.05, 0) is 18.6 Å². The Morgan fingerprint density at radius 3 is 2.00 bits per heavy atom. The maximum absolute atomic E-state index is 5.45. The maximum atomic E-state index is 5.45. The fourth-order valence-electron chi connectivity index (χ4n) is 0.356. The maximum Gasteiger partial charge on any atom is 0.0571 e. The van der Waals surface area contributed by atoms with E-state index in [0.717, 1.165) is 5.57 Å². The van der Waals surface area contributed by atoms with E-state index in [9.17, 15) is 0 Å². The van der Waals surface area contributed by atoms with E-state index in [4.69, 9.17) is 11.5 Å². The fourth-order valence-corrected chi connectivity index (χ4v) is 0.356. The molecule has 2 heteroatoms. The van der Waals surface area contributed by atoms with Crippen LogP contribution in [0.15, 0.2) is 36.2 Å². The monoisotopic (exact) mass is 124 g/mol. The highest BCUT2D eigenvalue weighted by molar-refractivity contribution is 5.32. The second-order valence-electron chi connectivity index (χ2n) is 1.85. The second-order valence-corrected chi connectivity index (χ2v) is 1.85. The number of nitrogens with two attached hydrogens (primary N) is 2. The molecule has 0 aromatic rings. The van der Waals surface area contributed by atoms with Crippen LogP contribution in [0.5, 0.6) is 0 Å². The summed E-state index contributed by atoms with van der Waals surface area (Å²) in [7, 11) is 0. The normalized spacial score (nSPS) is 12.1. The molecule has 9 heavy (non-hydrogen) atoms. The van der Waals surface area contributed by atoms with E-state index in [2.05, 4.69) is 13.2 Å². The lowest BCUT2D eigenvalue weighted by atomic mass is 10.2. The molecule has 0 saturated carbocycles. The number of hydrogen-bond donors (Lipinski definition) is 2. The average molecular weight is 124 g/mol. The lowest BCUT2D eigenvalue weighted by Crippen LogP contribution is -2.07. The highest BCUT2D eigenvalue weighted by Crippen LogP contribution is 2.01. The summed E-state index contributed by atoms with van der Waals surface area (Å²) in [5.41, 5.74) is 12.6. The SMILES string of the molecule is C=C/C(N)=C(/N)C(=C)C. The summed E-state index contributed by atoms with van der Waals surface area (Å²) in [4.78, 5) is 0. The van der Waals surface area contributed by atoms with E-state index in [1.807, 2.05) is 0 Å². The summed E-state index contributed by atoms with van der Waals surface area (Å²) >= 11 is 0. The van der Waals surface area contributed by atoms with E-state index in [-0.39, 0.29) is 0 Å². The van der Waals surface area contributed by atoms with Crippen LogP contribution in [-0.4, -0.2) is 0 Å². The van der Waals surface area contributed by atoms with Gasteiger partial charge in [0.15, 0.2) is 0 Å². The zero-order valence-electron chi connectivity index (χ0n) is 5.65. The third kappa shape index (κ3) is 2.04. The van der Waals surface area contributed by atoms with Gasteiger partial charge in [0.05, 0.1) is 11.4 Å². The van der Waals surface area contributed by atoms with Crippen LogP contribution in [0.4, 0.5) is 0 Å². The molecule has 50 valence electrons. The van der Waals surface area contributed by atoms with E-state index in [1.54, 1.807) is 6.92 Å². The van der Waals surface area contributed by atoms with Crippen molar-refractivity contribution in [1.82, 2.24) is 0 Å². The Morgan fingerprint density at radius 1 is 1.44 bits per heavy atom. The third-order valence-corrected chi connectivity index (χ3v) is 0.991. The lowest BCUT2D eigenvalue weighted by Gasteiger charge is -2.00. The molecule has 0 aliphatic heterocycles. The van der Waals surface area contributed by atoms with E-state index >= 15 is 0 Å². The Morgan fingerprint density at radius 2 is 1.89 bits per heavy atom. The zero-order valence-corrected chi connectivity index (χ0v) is 5.65. The molecule has 0 aliphatic carbocycles. The van der Waals surface area contributed by atoms with E-state index < -0.39 is 0 Å². The highest BCUT2D eigenvalue weighted by Gasteiger charge is 1.92. The van der Waals surface area contributed by atoms with Crippen LogP contribution in [0.1, 0.15) is 6.92 Å². The van der Waals surface area contributed by atoms with Gasteiger partial charge < -0.3 is 11.5 Å². The molecule has 0 heterocycles. The molecular formula is C7H12N2. The molecule has 0 bridgehead atoms. The van der Waals surface area contributed by atoms with Crippen LogP contribution in [0.25, 0.3) is 0 Å². The Balaban J connectivity index is 4.47. The minimum Gasteiger partial charge on any atom is -0.397 e. The first kappa shape index (κ1) is 7.82. The first-order valence-corrected chi connectivity index (χ1v) is 2.63. The molecule has 0 saturated heterocycles. The standard InChI is InChI=1S/C7H12N2/c1-4-6(8)7(9)5(2)3/h4H,1-2,8-9H2,3H3/b7-6-. The first-order valence-electron chi connectivity index (χ1n) is 2.63. The summed E-state index contributed by atoms with van der Waals surface area (Å²) < 4.78 is 0. The van der Waals surface area contributed by atoms with Gasteiger partial charge >= 0.3 is 0 Å². The van der Waals surface area contributed by atoms with E-state index in [1.165, 1.54) is 6.08 Å².